The quantitative estimate of drug-likeness (QED) is 0.365. The van der Waals surface area contributed by atoms with Gasteiger partial charge in [0.25, 0.3) is 11.1 Å². The van der Waals surface area contributed by atoms with Gasteiger partial charge in [-0.3, -0.25) is 9.59 Å². The van der Waals surface area contributed by atoms with Crippen LogP contribution in [0.25, 0.3) is 27.3 Å². The Hall–Kier alpha value is -4.21. The van der Waals surface area contributed by atoms with Crippen LogP contribution in [0.2, 0.25) is 0 Å². The van der Waals surface area contributed by atoms with Crippen LogP contribution >= 0.6 is 22.7 Å². The first-order valence-electron chi connectivity index (χ1n) is 10.8. The average molecular weight is 496 g/mol. The maximum atomic E-state index is 13.2. The van der Waals surface area contributed by atoms with Crippen LogP contribution in [0.3, 0.4) is 0 Å². The van der Waals surface area contributed by atoms with Crippen molar-refractivity contribution in [1.82, 2.24) is 24.4 Å². The molecule has 0 spiro atoms. The number of nitrogens with zero attached hydrogens (tertiary/aromatic N) is 5. The Kier molecular flexibility index (Phi) is 5.40. The predicted octanol–water partition coefficient (Wildman–Crippen LogP) is 3.56. The fraction of sp³-hybridized carbons (Fsp3) is 0.0385. The summed E-state index contributed by atoms with van der Waals surface area (Å²) in [5, 5.41) is 11.1. The number of hydrogen-bond donors (Lipinski definition) is 0. The van der Waals surface area contributed by atoms with E-state index in [0.29, 0.717) is 11.0 Å². The van der Waals surface area contributed by atoms with Gasteiger partial charge < -0.3 is 0 Å². The summed E-state index contributed by atoms with van der Waals surface area (Å²) in [6, 6.07) is 23.3. The summed E-state index contributed by atoms with van der Waals surface area (Å²) in [7, 11) is 0. The van der Waals surface area contributed by atoms with Crippen molar-refractivity contribution in [3.05, 3.63) is 126 Å². The normalized spacial score (nSPS) is 11.9. The minimum atomic E-state index is -0.419. The van der Waals surface area contributed by atoms with E-state index in [1.54, 1.807) is 22.1 Å². The molecule has 0 aliphatic heterocycles. The molecule has 0 aliphatic carbocycles. The van der Waals surface area contributed by atoms with Crippen molar-refractivity contribution in [2.24, 2.45) is 0 Å². The maximum Gasteiger partial charge on any atom is 0.296 e. The van der Waals surface area contributed by atoms with Gasteiger partial charge in [0.1, 0.15) is 11.4 Å². The van der Waals surface area contributed by atoms with E-state index in [1.165, 1.54) is 4.52 Å². The van der Waals surface area contributed by atoms with Crippen LogP contribution in [-0.4, -0.2) is 24.4 Å². The van der Waals surface area contributed by atoms with E-state index in [-0.39, 0.29) is 16.2 Å². The molecule has 0 saturated carbocycles. The number of para-hydroxylation sites is 1. The molecule has 0 radical (unpaired) electrons. The molecule has 0 N–H and O–H groups in total. The molecule has 0 unspecified atom stereocenters. The van der Waals surface area contributed by atoms with E-state index in [2.05, 4.69) is 10.1 Å². The third kappa shape index (κ3) is 4.11. The number of fused-ring (bicyclic) bond motifs is 1. The van der Waals surface area contributed by atoms with Gasteiger partial charge in [-0.2, -0.15) is 19.7 Å². The van der Waals surface area contributed by atoms with Gasteiger partial charge >= 0.3 is 0 Å². The van der Waals surface area contributed by atoms with E-state index in [1.807, 2.05) is 84.4 Å². The zero-order valence-electron chi connectivity index (χ0n) is 18.2. The molecule has 4 aromatic heterocycles. The Morgan fingerprint density at radius 3 is 2.40 bits per heavy atom. The molecule has 0 atom stereocenters. The van der Waals surface area contributed by atoms with E-state index in [9.17, 15) is 9.59 Å². The predicted molar refractivity (Wildman–Crippen MR) is 138 cm³/mol. The SMILES string of the molecule is O=c1nc2sc(=Cc3cn(-c4ccccc4)nc3-c3cccs3)c(=O)n2nc1Cc1ccccc1. The fourth-order valence-electron chi connectivity index (χ4n) is 3.79. The van der Waals surface area contributed by atoms with Gasteiger partial charge in [0, 0.05) is 18.2 Å². The van der Waals surface area contributed by atoms with E-state index in [4.69, 9.17) is 5.10 Å². The minimum Gasteiger partial charge on any atom is -0.266 e. The largest absolute Gasteiger partial charge is 0.296 e. The van der Waals surface area contributed by atoms with Crippen LogP contribution in [0, 0.1) is 0 Å². The number of thiophene rings is 1. The number of rotatable bonds is 5. The van der Waals surface area contributed by atoms with Gasteiger partial charge in [0.05, 0.1) is 15.1 Å². The van der Waals surface area contributed by atoms with Crippen molar-refractivity contribution < 1.29 is 0 Å². The summed E-state index contributed by atoms with van der Waals surface area (Å²) in [5.74, 6) is 0. The van der Waals surface area contributed by atoms with Gasteiger partial charge in [0.2, 0.25) is 4.96 Å². The molecule has 0 bridgehead atoms. The highest BCUT2D eigenvalue weighted by Crippen LogP contribution is 2.28. The second kappa shape index (κ2) is 8.86. The van der Waals surface area contributed by atoms with Gasteiger partial charge in [-0.15, -0.1) is 11.3 Å². The van der Waals surface area contributed by atoms with Crippen LogP contribution in [0.1, 0.15) is 16.8 Å². The zero-order chi connectivity index (χ0) is 23.8. The topological polar surface area (TPSA) is 82.1 Å². The Labute approximate surface area is 206 Å². The number of hydrogen-bond acceptors (Lipinski definition) is 7. The highest BCUT2D eigenvalue weighted by atomic mass is 32.1. The lowest BCUT2D eigenvalue weighted by Gasteiger charge is -1.99. The van der Waals surface area contributed by atoms with Crippen molar-refractivity contribution in [3.63, 3.8) is 0 Å². The maximum absolute atomic E-state index is 13.2. The Morgan fingerprint density at radius 2 is 1.66 bits per heavy atom. The first-order chi connectivity index (χ1) is 17.2. The summed E-state index contributed by atoms with van der Waals surface area (Å²) < 4.78 is 3.46. The van der Waals surface area contributed by atoms with E-state index < -0.39 is 5.56 Å². The lowest BCUT2D eigenvalue weighted by molar-refractivity contribution is 0.811. The lowest BCUT2D eigenvalue weighted by atomic mass is 10.1. The molecule has 35 heavy (non-hydrogen) atoms. The van der Waals surface area contributed by atoms with Crippen molar-refractivity contribution >= 4 is 33.7 Å². The number of thiazole rings is 1. The monoisotopic (exact) mass is 495 g/mol. The molecule has 0 saturated heterocycles. The van der Waals surface area contributed by atoms with E-state index >= 15 is 0 Å². The van der Waals surface area contributed by atoms with Crippen LogP contribution in [0.15, 0.2) is 94.0 Å². The second-order valence-electron chi connectivity index (χ2n) is 7.83. The first-order valence-corrected chi connectivity index (χ1v) is 12.5. The molecule has 7 nitrogen and oxygen atoms in total. The summed E-state index contributed by atoms with van der Waals surface area (Å²) >= 11 is 2.73. The molecule has 0 amide bonds. The number of aromatic nitrogens is 5. The van der Waals surface area contributed by atoms with E-state index in [0.717, 1.165) is 38.7 Å². The van der Waals surface area contributed by atoms with Gasteiger partial charge in [0.15, 0.2) is 0 Å². The standard InChI is InChI=1S/C26H17N5O2S2/c32-24-20(14-17-8-3-1-4-9-17)28-31-25(33)22(35-26(31)27-24)15-18-16-30(19-10-5-2-6-11-19)29-23(18)21-12-7-13-34-21/h1-13,15-16H,14H2. The minimum absolute atomic E-state index is 0.242. The van der Waals surface area contributed by atoms with Crippen LogP contribution in [0.5, 0.6) is 0 Å². The average Bonchev–Trinajstić information content (AvgIpc) is 3.62. The van der Waals surface area contributed by atoms with Crippen molar-refractivity contribution in [2.45, 2.75) is 6.42 Å². The molecule has 9 heteroatoms. The van der Waals surface area contributed by atoms with Crippen LogP contribution in [0.4, 0.5) is 0 Å². The van der Waals surface area contributed by atoms with Crippen molar-refractivity contribution in [1.29, 1.82) is 0 Å². The molecular weight excluding hydrogens is 478 g/mol. The summed E-state index contributed by atoms with van der Waals surface area (Å²) in [6.45, 7) is 0. The molecule has 170 valence electrons. The highest BCUT2D eigenvalue weighted by molar-refractivity contribution is 7.15. The summed E-state index contributed by atoms with van der Waals surface area (Å²) in [4.78, 5) is 31.2. The Morgan fingerprint density at radius 1 is 0.886 bits per heavy atom. The van der Waals surface area contributed by atoms with Crippen LogP contribution < -0.4 is 15.7 Å². The second-order valence-corrected chi connectivity index (χ2v) is 9.78. The summed E-state index contributed by atoms with van der Waals surface area (Å²) in [5.41, 5.74) is 2.94. The molecule has 0 fully saturated rings. The Balaban J connectivity index is 1.49. The first kappa shape index (κ1) is 21.3. The molecule has 2 aromatic carbocycles. The molecule has 6 rings (SSSR count). The van der Waals surface area contributed by atoms with Crippen LogP contribution in [-0.2, 0) is 6.42 Å². The Bertz CT molecular complexity index is 1810. The number of benzene rings is 2. The molecule has 6 aromatic rings. The van der Waals surface area contributed by atoms with Gasteiger partial charge in [-0.1, -0.05) is 65.9 Å². The third-order valence-corrected chi connectivity index (χ3v) is 7.30. The summed E-state index contributed by atoms with van der Waals surface area (Å²) in [6.07, 6.45) is 4.02. The fourth-order valence-corrected chi connectivity index (χ4v) is 5.42. The highest BCUT2D eigenvalue weighted by Gasteiger charge is 2.15. The molecule has 4 heterocycles. The van der Waals surface area contributed by atoms with Gasteiger partial charge in [-0.25, -0.2) is 4.68 Å². The lowest BCUT2D eigenvalue weighted by Crippen LogP contribution is -2.28. The smallest absolute Gasteiger partial charge is 0.266 e. The molecule has 0 aliphatic rings. The zero-order valence-corrected chi connectivity index (χ0v) is 19.9. The van der Waals surface area contributed by atoms with Crippen molar-refractivity contribution in [3.8, 4) is 16.3 Å². The van der Waals surface area contributed by atoms with Gasteiger partial charge in [-0.05, 0) is 35.2 Å². The third-order valence-electron chi connectivity index (χ3n) is 5.47. The van der Waals surface area contributed by atoms with Crippen molar-refractivity contribution in [2.75, 3.05) is 0 Å². The molecular formula is C26H17N5O2S2.